The monoisotopic (exact) mass is 176 g/mol. The van der Waals surface area contributed by atoms with Gasteiger partial charge in [-0.3, -0.25) is 0 Å². The molecular formula is C8H16O4. The van der Waals surface area contributed by atoms with E-state index in [4.69, 9.17) is 14.6 Å². The van der Waals surface area contributed by atoms with E-state index in [-0.39, 0.29) is 18.8 Å². The first kappa shape index (κ1) is 9.92. The van der Waals surface area contributed by atoms with Gasteiger partial charge in [-0.1, -0.05) is 6.92 Å². The molecule has 0 bridgehead atoms. The average molecular weight is 176 g/mol. The van der Waals surface area contributed by atoms with Crippen molar-refractivity contribution in [1.82, 2.24) is 0 Å². The Labute approximate surface area is 72.1 Å². The number of methoxy groups -OCH3 is 1. The van der Waals surface area contributed by atoms with Gasteiger partial charge in [-0.2, -0.15) is 0 Å². The van der Waals surface area contributed by atoms with Gasteiger partial charge in [-0.15, -0.1) is 0 Å². The van der Waals surface area contributed by atoms with Crippen molar-refractivity contribution in [3.8, 4) is 0 Å². The third-order valence-electron chi connectivity index (χ3n) is 2.23. The van der Waals surface area contributed by atoms with Crippen molar-refractivity contribution >= 4 is 0 Å². The third kappa shape index (κ3) is 1.95. The van der Waals surface area contributed by atoms with Gasteiger partial charge in [-0.25, -0.2) is 0 Å². The summed E-state index contributed by atoms with van der Waals surface area (Å²) in [4.78, 5) is 0. The van der Waals surface area contributed by atoms with Gasteiger partial charge in [0.05, 0.1) is 12.7 Å². The normalized spacial score (nSPS) is 43.0. The molecule has 2 N–H and O–H groups in total. The van der Waals surface area contributed by atoms with Crippen LogP contribution in [0, 0.1) is 5.92 Å². The summed E-state index contributed by atoms with van der Waals surface area (Å²) in [6.45, 7) is 1.79. The maximum absolute atomic E-state index is 9.41. The molecule has 0 saturated carbocycles. The maximum atomic E-state index is 9.41. The molecular weight excluding hydrogens is 160 g/mol. The standard InChI is InChI=1S/C8H16O4/c1-5-3-6(10)7(4-9)12-8(5)11-2/h5-10H,3-4H2,1-2H3/t5?,6?,7?,8-/m1/s1. The lowest BCUT2D eigenvalue weighted by atomic mass is 9.96. The molecule has 1 heterocycles. The van der Waals surface area contributed by atoms with E-state index in [1.165, 1.54) is 0 Å². The molecule has 0 amide bonds. The number of hydrogen-bond donors (Lipinski definition) is 2. The van der Waals surface area contributed by atoms with E-state index < -0.39 is 12.2 Å². The maximum Gasteiger partial charge on any atom is 0.160 e. The van der Waals surface area contributed by atoms with Crippen molar-refractivity contribution in [1.29, 1.82) is 0 Å². The lowest BCUT2D eigenvalue weighted by molar-refractivity contribution is -0.242. The van der Waals surface area contributed by atoms with E-state index in [0.29, 0.717) is 6.42 Å². The topological polar surface area (TPSA) is 58.9 Å². The molecule has 1 rings (SSSR count). The molecule has 0 spiro atoms. The summed E-state index contributed by atoms with van der Waals surface area (Å²) in [7, 11) is 1.56. The summed E-state index contributed by atoms with van der Waals surface area (Å²) in [6.07, 6.45) is -0.753. The molecule has 1 fully saturated rings. The van der Waals surface area contributed by atoms with Gasteiger partial charge in [0, 0.05) is 13.0 Å². The van der Waals surface area contributed by atoms with Gasteiger partial charge in [0.25, 0.3) is 0 Å². The van der Waals surface area contributed by atoms with E-state index in [0.717, 1.165) is 0 Å². The van der Waals surface area contributed by atoms with E-state index >= 15 is 0 Å². The molecule has 1 saturated heterocycles. The average Bonchev–Trinajstić information content (AvgIpc) is 2.05. The van der Waals surface area contributed by atoms with Crippen LogP contribution in [0.25, 0.3) is 0 Å². The molecule has 0 aliphatic carbocycles. The van der Waals surface area contributed by atoms with Crippen LogP contribution in [0.1, 0.15) is 13.3 Å². The molecule has 12 heavy (non-hydrogen) atoms. The zero-order valence-corrected chi connectivity index (χ0v) is 7.43. The highest BCUT2D eigenvalue weighted by molar-refractivity contribution is 4.78. The highest BCUT2D eigenvalue weighted by Crippen LogP contribution is 2.25. The Kier molecular flexibility index (Phi) is 3.46. The first-order valence-electron chi connectivity index (χ1n) is 4.16. The van der Waals surface area contributed by atoms with Crippen LogP contribution in [0.4, 0.5) is 0 Å². The number of aliphatic hydroxyl groups is 2. The second kappa shape index (κ2) is 4.18. The fourth-order valence-corrected chi connectivity index (χ4v) is 1.49. The van der Waals surface area contributed by atoms with Crippen LogP contribution in [-0.4, -0.2) is 42.4 Å². The Hall–Kier alpha value is -0.160. The summed E-state index contributed by atoms with van der Waals surface area (Å²) >= 11 is 0. The minimum absolute atomic E-state index is 0.159. The predicted octanol–water partition coefficient (Wildman–Crippen LogP) is -0.263. The molecule has 0 aromatic rings. The SMILES string of the molecule is CO[C@@H]1OC(CO)C(O)CC1C. The van der Waals surface area contributed by atoms with Crippen LogP contribution >= 0.6 is 0 Å². The van der Waals surface area contributed by atoms with Gasteiger partial charge in [0.15, 0.2) is 6.29 Å². The summed E-state index contributed by atoms with van der Waals surface area (Å²) in [5.41, 5.74) is 0. The Balaban J connectivity index is 2.50. The first-order valence-corrected chi connectivity index (χ1v) is 4.16. The Bertz CT molecular complexity index is 125. The van der Waals surface area contributed by atoms with E-state index in [1.807, 2.05) is 6.92 Å². The summed E-state index contributed by atoms with van der Waals surface area (Å²) in [5.74, 6) is 0.174. The van der Waals surface area contributed by atoms with Crippen LogP contribution in [0.3, 0.4) is 0 Å². The van der Waals surface area contributed by atoms with Gasteiger partial charge in [0.1, 0.15) is 6.10 Å². The van der Waals surface area contributed by atoms with Crippen molar-refractivity contribution in [2.75, 3.05) is 13.7 Å². The van der Waals surface area contributed by atoms with Crippen molar-refractivity contribution < 1.29 is 19.7 Å². The second-order valence-electron chi connectivity index (χ2n) is 3.24. The highest BCUT2D eigenvalue weighted by Gasteiger charge is 2.34. The molecule has 0 aromatic carbocycles. The molecule has 4 atom stereocenters. The quantitative estimate of drug-likeness (QED) is 0.608. The molecule has 72 valence electrons. The van der Waals surface area contributed by atoms with Gasteiger partial charge in [-0.05, 0) is 6.42 Å². The van der Waals surface area contributed by atoms with Crippen molar-refractivity contribution in [3.63, 3.8) is 0 Å². The largest absolute Gasteiger partial charge is 0.394 e. The summed E-state index contributed by atoms with van der Waals surface area (Å²) in [5, 5.41) is 18.2. The second-order valence-corrected chi connectivity index (χ2v) is 3.24. The summed E-state index contributed by atoms with van der Waals surface area (Å²) < 4.78 is 10.3. The van der Waals surface area contributed by atoms with Gasteiger partial charge in [0.2, 0.25) is 0 Å². The van der Waals surface area contributed by atoms with E-state index in [9.17, 15) is 5.11 Å². The number of ether oxygens (including phenoxy) is 2. The smallest absolute Gasteiger partial charge is 0.160 e. The Morgan fingerprint density at radius 2 is 2.25 bits per heavy atom. The van der Waals surface area contributed by atoms with E-state index in [2.05, 4.69) is 0 Å². The van der Waals surface area contributed by atoms with Gasteiger partial charge < -0.3 is 19.7 Å². The lowest BCUT2D eigenvalue weighted by Gasteiger charge is -2.36. The summed E-state index contributed by atoms with van der Waals surface area (Å²) in [6, 6.07) is 0. The molecule has 4 nitrogen and oxygen atoms in total. The van der Waals surface area contributed by atoms with Gasteiger partial charge >= 0.3 is 0 Å². The predicted molar refractivity (Wildman–Crippen MR) is 42.5 cm³/mol. The minimum Gasteiger partial charge on any atom is -0.394 e. The minimum atomic E-state index is -0.573. The fourth-order valence-electron chi connectivity index (χ4n) is 1.49. The fraction of sp³-hybridized carbons (Fsp3) is 1.00. The molecule has 3 unspecified atom stereocenters. The molecule has 1 aliphatic rings. The van der Waals surface area contributed by atoms with E-state index in [1.54, 1.807) is 7.11 Å². The third-order valence-corrected chi connectivity index (χ3v) is 2.23. The molecule has 0 radical (unpaired) electrons. The number of rotatable bonds is 2. The van der Waals surface area contributed by atoms with Crippen molar-refractivity contribution in [3.05, 3.63) is 0 Å². The lowest BCUT2D eigenvalue weighted by Crippen LogP contribution is -2.45. The zero-order valence-electron chi connectivity index (χ0n) is 7.43. The molecule has 1 aliphatic heterocycles. The Morgan fingerprint density at radius 3 is 2.75 bits per heavy atom. The van der Waals surface area contributed by atoms with Crippen molar-refractivity contribution in [2.24, 2.45) is 5.92 Å². The highest BCUT2D eigenvalue weighted by atomic mass is 16.7. The van der Waals surface area contributed by atoms with Crippen LogP contribution in [0.15, 0.2) is 0 Å². The Morgan fingerprint density at radius 1 is 1.58 bits per heavy atom. The van der Waals surface area contributed by atoms with Crippen LogP contribution in [-0.2, 0) is 9.47 Å². The first-order chi connectivity index (χ1) is 5.69. The molecule has 4 heteroatoms. The van der Waals surface area contributed by atoms with Crippen molar-refractivity contribution in [2.45, 2.75) is 31.8 Å². The van der Waals surface area contributed by atoms with Crippen LogP contribution < -0.4 is 0 Å². The number of aliphatic hydroxyl groups excluding tert-OH is 2. The van der Waals surface area contributed by atoms with Crippen LogP contribution in [0.2, 0.25) is 0 Å². The zero-order chi connectivity index (χ0) is 9.14. The van der Waals surface area contributed by atoms with Crippen LogP contribution in [0.5, 0.6) is 0 Å². The molecule has 0 aromatic heterocycles. The number of hydrogen-bond acceptors (Lipinski definition) is 4.